The molecule has 4 atom stereocenters. The van der Waals surface area contributed by atoms with Gasteiger partial charge in [-0.2, -0.15) is 23.5 Å². The van der Waals surface area contributed by atoms with Gasteiger partial charge in [-0.15, -0.1) is 0 Å². The van der Waals surface area contributed by atoms with Gasteiger partial charge in [-0.05, 0) is 49.2 Å². The van der Waals surface area contributed by atoms with Crippen LogP contribution in [0.2, 0.25) is 0 Å². The topological polar surface area (TPSA) is 188 Å². The van der Waals surface area contributed by atoms with E-state index < -0.39 is 60.2 Å². The van der Waals surface area contributed by atoms with E-state index in [0.29, 0.717) is 11.5 Å². The predicted molar refractivity (Wildman–Crippen MR) is 129 cm³/mol. The van der Waals surface area contributed by atoms with Crippen molar-refractivity contribution in [3.8, 4) is 0 Å². The van der Waals surface area contributed by atoms with Gasteiger partial charge in [-0.25, -0.2) is 4.79 Å². The predicted octanol–water partition coefficient (Wildman–Crippen LogP) is -0.120. The first-order valence-electron chi connectivity index (χ1n) is 10.5. The number of rotatable bonds is 17. The molecule has 0 saturated heterocycles. The molecule has 0 fully saturated rings. The molecule has 13 heteroatoms. The first kappa shape index (κ1) is 31.0. The molecule has 0 saturated carbocycles. The number of nitrogens with one attached hydrogen (secondary N) is 3. The van der Waals surface area contributed by atoms with Gasteiger partial charge in [0.1, 0.15) is 18.1 Å². The van der Waals surface area contributed by atoms with Gasteiger partial charge in [0.05, 0.1) is 12.5 Å². The minimum absolute atomic E-state index is 0.0127. The van der Waals surface area contributed by atoms with Gasteiger partial charge in [-0.1, -0.05) is 13.8 Å². The number of nitrogens with two attached hydrogens (primary N) is 1. The van der Waals surface area contributed by atoms with Crippen LogP contribution in [0.3, 0.4) is 0 Å². The van der Waals surface area contributed by atoms with Crippen molar-refractivity contribution in [1.82, 2.24) is 16.0 Å². The maximum absolute atomic E-state index is 12.9. The average molecular weight is 509 g/mol. The van der Waals surface area contributed by atoms with E-state index in [1.54, 1.807) is 0 Å². The highest BCUT2D eigenvalue weighted by Crippen LogP contribution is 2.09. The highest BCUT2D eigenvalue weighted by molar-refractivity contribution is 7.98. The van der Waals surface area contributed by atoms with E-state index in [-0.39, 0.29) is 25.2 Å². The van der Waals surface area contributed by atoms with Gasteiger partial charge >= 0.3 is 11.9 Å². The average Bonchev–Trinajstić information content (AvgIpc) is 2.71. The number of hydrogen-bond donors (Lipinski definition) is 6. The summed E-state index contributed by atoms with van der Waals surface area (Å²) in [6, 6.07) is -4.44. The number of carbonyl (C=O) groups excluding carboxylic acids is 3. The Balaban J connectivity index is 5.43. The zero-order valence-corrected chi connectivity index (χ0v) is 21.1. The maximum atomic E-state index is 12.9. The maximum Gasteiger partial charge on any atom is 0.326 e. The van der Waals surface area contributed by atoms with Crippen molar-refractivity contribution in [2.24, 2.45) is 11.7 Å². The Labute approximate surface area is 202 Å². The summed E-state index contributed by atoms with van der Waals surface area (Å²) < 4.78 is 0. The summed E-state index contributed by atoms with van der Waals surface area (Å²) >= 11 is 2.90. The summed E-state index contributed by atoms with van der Waals surface area (Å²) in [5.41, 5.74) is 5.58. The zero-order chi connectivity index (χ0) is 25.6. The Morgan fingerprint density at radius 2 is 1.24 bits per heavy atom. The Morgan fingerprint density at radius 3 is 1.70 bits per heavy atom. The smallest absolute Gasteiger partial charge is 0.326 e. The summed E-state index contributed by atoms with van der Waals surface area (Å²) in [6.07, 6.45) is 3.79. The van der Waals surface area contributed by atoms with Crippen LogP contribution in [-0.4, -0.2) is 88.1 Å². The second-order valence-corrected chi connectivity index (χ2v) is 9.89. The molecule has 0 aliphatic carbocycles. The number of carboxylic acid groups (broad SMARTS) is 2. The number of carboxylic acids is 2. The summed E-state index contributed by atoms with van der Waals surface area (Å²) in [5, 5.41) is 25.7. The zero-order valence-electron chi connectivity index (χ0n) is 19.5. The molecule has 0 heterocycles. The van der Waals surface area contributed by atoms with Gasteiger partial charge in [0.25, 0.3) is 0 Å². The van der Waals surface area contributed by atoms with E-state index in [1.165, 1.54) is 23.5 Å². The van der Waals surface area contributed by atoms with E-state index in [0.717, 1.165) is 0 Å². The molecule has 0 aromatic heterocycles. The van der Waals surface area contributed by atoms with Crippen LogP contribution in [0.15, 0.2) is 0 Å². The van der Waals surface area contributed by atoms with Crippen molar-refractivity contribution in [1.29, 1.82) is 0 Å². The molecule has 11 nitrogen and oxygen atoms in total. The van der Waals surface area contributed by atoms with Crippen molar-refractivity contribution >= 4 is 53.2 Å². The Kier molecular flexibility index (Phi) is 15.6. The SMILES string of the molecule is CSCCC(NC(=O)C(CC(C)C)NC(=O)C(CCSC)NC(=O)C(N)CC(=O)O)C(=O)O. The first-order chi connectivity index (χ1) is 15.4. The van der Waals surface area contributed by atoms with Crippen LogP contribution in [-0.2, 0) is 24.0 Å². The largest absolute Gasteiger partial charge is 0.481 e. The molecule has 190 valence electrons. The molecule has 0 aliphatic rings. The van der Waals surface area contributed by atoms with E-state index >= 15 is 0 Å². The minimum atomic E-state index is -1.32. The van der Waals surface area contributed by atoms with Crippen LogP contribution in [0, 0.1) is 5.92 Å². The van der Waals surface area contributed by atoms with Crippen molar-refractivity contribution in [3.05, 3.63) is 0 Å². The van der Waals surface area contributed by atoms with Crippen LogP contribution in [0.4, 0.5) is 0 Å². The summed E-state index contributed by atoms with van der Waals surface area (Å²) in [7, 11) is 0. The van der Waals surface area contributed by atoms with Crippen molar-refractivity contribution in [3.63, 3.8) is 0 Å². The standard InChI is InChI=1S/C20H36N4O7S2/c1-11(2)9-15(19(29)23-14(20(30)31)6-8-33-4)24-18(28)13(5-7-32-3)22-17(27)12(21)10-16(25)26/h11-15H,5-10,21H2,1-4H3,(H,22,27)(H,23,29)(H,24,28)(H,25,26)(H,30,31). The molecule has 0 aromatic rings. The van der Waals surface area contributed by atoms with Crippen LogP contribution >= 0.6 is 23.5 Å². The fourth-order valence-corrected chi connectivity index (χ4v) is 3.75. The Hall–Kier alpha value is -1.99. The molecule has 0 spiro atoms. The van der Waals surface area contributed by atoms with Crippen molar-refractivity contribution in [2.45, 2.75) is 63.7 Å². The summed E-state index contributed by atoms with van der Waals surface area (Å²) in [4.78, 5) is 60.3. The lowest BCUT2D eigenvalue weighted by Crippen LogP contribution is -2.57. The number of aliphatic carboxylic acids is 2. The van der Waals surface area contributed by atoms with Crippen LogP contribution in [0.5, 0.6) is 0 Å². The lowest BCUT2D eigenvalue weighted by atomic mass is 10.0. The van der Waals surface area contributed by atoms with E-state index in [2.05, 4.69) is 16.0 Å². The highest BCUT2D eigenvalue weighted by atomic mass is 32.2. The number of carbonyl (C=O) groups is 5. The lowest BCUT2D eigenvalue weighted by molar-refractivity contribution is -0.142. The molecule has 3 amide bonds. The van der Waals surface area contributed by atoms with Crippen LogP contribution < -0.4 is 21.7 Å². The normalized spacial score (nSPS) is 14.6. The van der Waals surface area contributed by atoms with E-state index in [4.69, 9.17) is 10.8 Å². The summed E-state index contributed by atoms with van der Waals surface area (Å²) in [6.45, 7) is 3.71. The molecule has 4 unspecified atom stereocenters. The van der Waals surface area contributed by atoms with Gasteiger partial charge in [0, 0.05) is 0 Å². The summed E-state index contributed by atoms with van der Waals surface area (Å²) in [5.74, 6) is -3.37. The van der Waals surface area contributed by atoms with E-state index in [1.807, 2.05) is 26.4 Å². The van der Waals surface area contributed by atoms with Crippen LogP contribution in [0.25, 0.3) is 0 Å². The first-order valence-corrected chi connectivity index (χ1v) is 13.3. The molecule has 0 aromatic carbocycles. The molecular formula is C20H36N4O7S2. The molecule has 0 rings (SSSR count). The second-order valence-electron chi connectivity index (χ2n) is 7.92. The second kappa shape index (κ2) is 16.6. The monoisotopic (exact) mass is 508 g/mol. The fourth-order valence-electron chi connectivity index (χ4n) is 2.80. The highest BCUT2D eigenvalue weighted by Gasteiger charge is 2.30. The quantitative estimate of drug-likeness (QED) is 0.154. The van der Waals surface area contributed by atoms with Crippen molar-refractivity contribution in [2.75, 3.05) is 24.0 Å². The lowest BCUT2D eigenvalue weighted by Gasteiger charge is -2.26. The van der Waals surface area contributed by atoms with Gasteiger partial charge in [0.2, 0.25) is 17.7 Å². The fraction of sp³-hybridized carbons (Fsp3) is 0.750. The molecule has 0 aliphatic heterocycles. The van der Waals surface area contributed by atoms with Gasteiger partial charge < -0.3 is 31.9 Å². The number of hydrogen-bond acceptors (Lipinski definition) is 8. The third kappa shape index (κ3) is 13.3. The minimum Gasteiger partial charge on any atom is -0.481 e. The Morgan fingerprint density at radius 1 is 0.788 bits per heavy atom. The molecule has 33 heavy (non-hydrogen) atoms. The van der Waals surface area contributed by atoms with Crippen molar-refractivity contribution < 1.29 is 34.2 Å². The van der Waals surface area contributed by atoms with Gasteiger partial charge in [0.15, 0.2) is 0 Å². The molecule has 7 N–H and O–H groups in total. The number of amides is 3. The molecule has 0 radical (unpaired) electrons. The third-order valence-corrected chi connectivity index (χ3v) is 5.83. The van der Waals surface area contributed by atoms with Crippen LogP contribution in [0.1, 0.15) is 39.5 Å². The molecular weight excluding hydrogens is 472 g/mol. The Bertz CT molecular complexity index is 679. The van der Waals surface area contributed by atoms with E-state index in [9.17, 15) is 29.1 Å². The number of thioether (sulfide) groups is 2. The third-order valence-electron chi connectivity index (χ3n) is 4.54. The molecule has 0 bridgehead atoms. The van der Waals surface area contributed by atoms with Gasteiger partial charge in [-0.3, -0.25) is 19.2 Å².